The molecule has 0 fully saturated rings. The number of carbonyl (C=O) groups is 2. The number of benzene rings is 2. The molecule has 1 atom stereocenters. The third-order valence-electron chi connectivity index (χ3n) is 4.21. The summed E-state index contributed by atoms with van der Waals surface area (Å²) in [4.78, 5) is 24.5. The number of carbonyl (C=O) groups excluding carboxylic acids is 2. The Bertz CT molecular complexity index is 964. The Balaban J connectivity index is 2.13. The zero-order chi connectivity index (χ0) is 23.8. The van der Waals surface area contributed by atoms with Crippen molar-refractivity contribution in [3.05, 3.63) is 63.9 Å². The molecular formula is C20H18ClF5N2O4. The van der Waals surface area contributed by atoms with Crippen molar-refractivity contribution in [2.24, 2.45) is 5.73 Å². The maximum absolute atomic E-state index is 13.8. The first-order chi connectivity index (χ1) is 15.2. The maximum Gasteiger partial charge on any atom is 0.408 e. The van der Waals surface area contributed by atoms with E-state index in [4.69, 9.17) is 22.1 Å². The van der Waals surface area contributed by atoms with Crippen LogP contribution in [0.4, 0.5) is 26.7 Å². The quantitative estimate of drug-likeness (QED) is 0.139. The van der Waals surface area contributed by atoms with E-state index in [1.165, 1.54) is 0 Å². The summed E-state index contributed by atoms with van der Waals surface area (Å²) in [6.07, 6.45) is -0.509. The van der Waals surface area contributed by atoms with E-state index >= 15 is 0 Å². The third-order valence-corrected chi connectivity index (χ3v) is 4.58. The van der Waals surface area contributed by atoms with Gasteiger partial charge >= 0.3 is 12.1 Å². The summed E-state index contributed by atoms with van der Waals surface area (Å²) in [6.45, 7) is -0.00984. The number of rotatable bonds is 9. The fourth-order valence-corrected chi connectivity index (χ4v) is 2.72. The smallest absolute Gasteiger partial charge is 0.408 e. The Labute approximate surface area is 184 Å². The molecule has 0 aliphatic carbocycles. The molecule has 2 aromatic carbocycles. The van der Waals surface area contributed by atoms with Crippen LogP contribution in [0.15, 0.2) is 24.3 Å². The molecule has 0 bridgehead atoms. The molecule has 0 aliphatic rings. The van der Waals surface area contributed by atoms with Gasteiger partial charge in [0.1, 0.15) is 12.6 Å². The molecule has 0 aromatic heterocycles. The predicted molar refractivity (Wildman–Crippen MR) is 103 cm³/mol. The van der Waals surface area contributed by atoms with Gasteiger partial charge in [-0.25, -0.2) is 22.8 Å². The molecule has 0 spiro atoms. The van der Waals surface area contributed by atoms with E-state index in [9.17, 15) is 31.5 Å². The fraction of sp³-hybridized carbons (Fsp3) is 0.300. The molecule has 0 saturated carbocycles. The van der Waals surface area contributed by atoms with Crippen molar-refractivity contribution < 1.29 is 41.0 Å². The Morgan fingerprint density at radius 3 is 2.16 bits per heavy atom. The maximum atomic E-state index is 13.8. The Kier molecular flexibility index (Phi) is 9.21. The predicted octanol–water partition coefficient (Wildman–Crippen LogP) is 4.36. The van der Waals surface area contributed by atoms with Crippen molar-refractivity contribution in [3.8, 4) is 5.75 Å². The van der Waals surface area contributed by atoms with Crippen molar-refractivity contribution >= 4 is 23.7 Å². The summed E-state index contributed by atoms with van der Waals surface area (Å²) in [5.74, 6) is -14.8. The minimum absolute atomic E-state index is 0.105. The first kappa shape index (κ1) is 25.3. The van der Waals surface area contributed by atoms with Gasteiger partial charge in [-0.15, -0.1) is 0 Å². The summed E-state index contributed by atoms with van der Waals surface area (Å²) in [5, 5.41) is 2.46. The van der Waals surface area contributed by atoms with Crippen LogP contribution in [0.1, 0.15) is 24.8 Å². The number of halogens is 6. The van der Waals surface area contributed by atoms with E-state index in [2.05, 4.69) is 10.1 Å². The summed E-state index contributed by atoms with van der Waals surface area (Å²) < 4.78 is 76.8. The molecule has 0 aliphatic heterocycles. The molecule has 1 amide bonds. The van der Waals surface area contributed by atoms with Gasteiger partial charge in [0, 0.05) is 10.6 Å². The molecule has 0 radical (unpaired) electrons. The molecule has 0 heterocycles. The molecule has 1 unspecified atom stereocenters. The van der Waals surface area contributed by atoms with Crippen molar-refractivity contribution in [1.29, 1.82) is 0 Å². The second-order valence-corrected chi connectivity index (χ2v) is 6.88. The number of ether oxygens (including phenoxy) is 2. The summed E-state index contributed by atoms with van der Waals surface area (Å²) in [6, 6.07) is 4.95. The number of nitrogens with one attached hydrogen (secondary N) is 1. The van der Waals surface area contributed by atoms with Gasteiger partial charge in [0.2, 0.25) is 34.8 Å². The van der Waals surface area contributed by atoms with Crippen LogP contribution in [-0.4, -0.2) is 24.6 Å². The average molecular weight is 481 g/mol. The van der Waals surface area contributed by atoms with Crippen LogP contribution < -0.4 is 15.8 Å². The lowest BCUT2D eigenvalue weighted by Gasteiger charge is -2.18. The zero-order valence-corrected chi connectivity index (χ0v) is 17.2. The van der Waals surface area contributed by atoms with Crippen LogP contribution >= 0.6 is 11.6 Å². The van der Waals surface area contributed by atoms with Crippen LogP contribution in [0.25, 0.3) is 0 Å². The van der Waals surface area contributed by atoms with Gasteiger partial charge in [0.15, 0.2) is 0 Å². The first-order valence-corrected chi connectivity index (χ1v) is 9.65. The van der Waals surface area contributed by atoms with Crippen LogP contribution in [-0.2, 0) is 16.1 Å². The monoisotopic (exact) mass is 480 g/mol. The molecular weight excluding hydrogens is 463 g/mol. The number of nitrogens with two attached hydrogens (primary N) is 1. The van der Waals surface area contributed by atoms with Crippen molar-refractivity contribution in [3.63, 3.8) is 0 Å². The Morgan fingerprint density at radius 1 is 0.969 bits per heavy atom. The van der Waals surface area contributed by atoms with Crippen molar-refractivity contribution in [2.45, 2.75) is 31.9 Å². The molecule has 0 saturated heterocycles. The standard InChI is InChI=1S/C20H18ClF5N2O4/c21-11-6-2-1-5-10(11)9-31-20(30)28-12(7-3-4-8-27)19(29)32-18-16(25)14(23)13(22)15(24)17(18)26/h1-2,5-6,12H,3-4,7-9,27H2,(H,28,30). The van der Waals surface area contributed by atoms with Gasteiger partial charge < -0.3 is 20.5 Å². The summed E-state index contributed by atoms with van der Waals surface area (Å²) in [5.41, 5.74) is 5.84. The number of hydrogen-bond donors (Lipinski definition) is 2. The Hall–Kier alpha value is -2.92. The number of amides is 1. The van der Waals surface area contributed by atoms with Gasteiger partial charge in [-0.1, -0.05) is 29.8 Å². The molecule has 174 valence electrons. The van der Waals surface area contributed by atoms with Crippen LogP contribution in [0.5, 0.6) is 5.75 Å². The van der Waals surface area contributed by atoms with E-state index in [0.29, 0.717) is 17.0 Å². The molecule has 6 nitrogen and oxygen atoms in total. The second-order valence-electron chi connectivity index (χ2n) is 6.47. The molecule has 2 aromatic rings. The lowest BCUT2D eigenvalue weighted by molar-refractivity contribution is -0.137. The van der Waals surface area contributed by atoms with Gasteiger partial charge in [-0.3, -0.25) is 0 Å². The molecule has 32 heavy (non-hydrogen) atoms. The van der Waals surface area contributed by atoms with Crippen molar-refractivity contribution in [1.82, 2.24) is 5.32 Å². The molecule has 12 heteroatoms. The van der Waals surface area contributed by atoms with E-state index < -0.39 is 52.9 Å². The highest BCUT2D eigenvalue weighted by molar-refractivity contribution is 6.31. The minimum Gasteiger partial charge on any atom is -0.445 e. The van der Waals surface area contributed by atoms with Crippen molar-refractivity contribution in [2.75, 3.05) is 6.54 Å². The Morgan fingerprint density at radius 2 is 1.56 bits per heavy atom. The number of unbranched alkanes of at least 4 members (excludes halogenated alkanes) is 1. The molecule has 2 rings (SSSR count). The highest BCUT2D eigenvalue weighted by Crippen LogP contribution is 2.29. The van der Waals surface area contributed by atoms with E-state index in [1.54, 1.807) is 24.3 Å². The van der Waals surface area contributed by atoms with E-state index in [-0.39, 0.29) is 26.0 Å². The number of hydrogen-bond acceptors (Lipinski definition) is 5. The van der Waals surface area contributed by atoms with Gasteiger partial charge in [-0.05, 0) is 31.9 Å². The topological polar surface area (TPSA) is 90.6 Å². The highest BCUT2D eigenvalue weighted by atomic mass is 35.5. The number of esters is 1. The largest absolute Gasteiger partial charge is 0.445 e. The third kappa shape index (κ3) is 6.30. The summed E-state index contributed by atoms with van der Waals surface area (Å²) in [7, 11) is 0. The van der Waals surface area contributed by atoms with Gasteiger partial charge in [-0.2, -0.15) is 8.78 Å². The van der Waals surface area contributed by atoms with Gasteiger partial charge in [0.05, 0.1) is 0 Å². The number of alkyl carbamates (subject to hydrolysis) is 1. The van der Waals surface area contributed by atoms with Crippen LogP contribution in [0.2, 0.25) is 5.02 Å². The minimum atomic E-state index is -2.40. The second kappa shape index (κ2) is 11.6. The van der Waals surface area contributed by atoms with E-state index in [1.807, 2.05) is 0 Å². The van der Waals surface area contributed by atoms with E-state index in [0.717, 1.165) is 0 Å². The van der Waals surface area contributed by atoms with Crippen LogP contribution in [0.3, 0.4) is 0 Å². The lowest BCUT2D eigenvalue weighted by atomic mass is 10.1. The highest BCUT2D eigenvalue weighted by Gasteiger charge is 2.31. The lowest BCUT2D eigenvalue weighted by Crippen LogP contribution is -2.43. The average Bonchev–Trinajstić information content (AvgIpc) is 2.78. The van der Waals surface area contributed by atoms with Crippen LogP contribution in [0, 0.1) is 29.1 Å². The first-order valence-electron chi connectivity index (χ1n) is 9.27. The van der Waals surface area contributed by atoms with Gasteiger partial charge in [0.25, 0.3) is 0 Å². The zero-order valence-electron chi connectivity index (χ0n) is 16.4. The fourth-order valence-electron chi connectivity index (χ4n) is 2.53. The summed E-state index contributed by atoms with van der Waals surface area (Å²) >= 11 is 5.95. The molecule has 3 N–H and O–H groups in total. The normalized spacial score (nSPS) is 11.7. The SMILES string of the molecule is NCCCCC(NC(=O)OCc1ccccc1Cl)C(=O)Oc1c(F)c(F)c(F)c(F)c1F.